The summed E-state index contributed by atoms with van der Waals surface area (Å²) < 4.78 is 4.13. The molecule has 0 amide bonds. The zero-order chi connectivity index (χ0) is 14.6. The van der Waals surface area contributed by atoms with Crippen molar-refractivity contribution in [2.24, 2.45) is 0 Å². The molecule has 0 unspecified atom stereocenters. The molecule has 4 heteroatoms. The summed E-state index contributed by atoms with van der Waals surface area (Å²) in [6.45, 7) is 10.2. The fourth-order valence-electron chi connectivity index (χ4n) is 3.07. The number of hydrogen-bond donors (Lipinski definition) is 0. The highest BCUT2D eigenvalue weighted by Crippen LogP contribution is 2.33. The van der Waals surface area contributed by atoms with Gasteiger partial charge in [0.05, 0.1) is 23.6 Å². The predicted molar refractivity (Wildman–Crippen MR) is 78.3 cm³/mol. The fraction of sp³-hybridized carbons (Fsp3) is 0.118. The highest BCUT2D eigenvalue weighted by atomic mass is 15.4. The molecule has 0 atom stereocenters. The van der Waals surface area contributed by atoms with Gasteiger partial charge in [0.15, 0.2) is 6.54 Å². The van der Waals surface area contributed by atoms with E-state index in [1.165, 1.54) is 11.1 Å². The smallest absolute Gasteiger partial charge is 0.217 e. The molecule has 0 radical (unpaired) electrons. The van der Waals surface area contributed by atoms with Crippen LogP contribution < -0.4 is 4.68 Å². The monoisotopic (exact) mass is 271 g/mol. The summed E-state index contributed by atoms with van der Waals surface area (Å²) in [7, 11) is 0. The molecule has 4 rings (SSSR count). The Morgan fingerprint density at radius 2 is 2.19 bits per heavy atom. The van der Waals surface area contributed by atoms with Gasteiger partial charge in [0.1, 0.15) is 11.2 Å². The van der Waals surface area contributed by atoms with Crippen molar-refractivity contribution in [3.63, 3.8) is 0 Å². The Kier molecular flexibility index (Phi) is 2.20. The first-order valence-corrected chi connectivity index (χ1v) is 6.68. The SMILES string of the molecule is [C-]#[N+]c1ccc(C#N)c2c[n+]3n(c12)-c1ccc(C)cc1C3. The van der Waals surface area contributed by atoms with Crippen molar-refractivity contribution in [1.82, 2.24) is 4.68 Å². The van der Waals surface area contributed by atoms with Crippen LogP contribution in [-0.2, 0) is 6.54 Å². The second-order valence-electron chi connectivity index (χ2n) is 5.29. The summed E-state index contributed by atoms with van der Waals surface area (Å²) in [4.78, 5) is 3.62. The third-order valence-electron chi connectivity index (χ3n) is 3.98. The van der Waals surface area contributed by atoms with E-state index in [2.05, 4.69) is 45.4 Å². The first-order valence-electron chi connectivity index (χ1n) is 6.68. The molecule has 0 N–H and O–H groups in total. The minimum Gasteiger partial charge on any atom is -0.236 e. The van der Waals surface area contributed by atoms with Gasteiger partial charge in [-0.1, -0.05) is 23.8 Å². The van der Waals surface area contributed by atoms with Gasteiger partial charge in [0, 0.05) is 5.56 Å². The van der Waals surface area contributed by atoms with Gasteiger partial charge in [-0.2, -0.15) is 5.26 Å². The summed E-state index contributed by atoms with van der Waals surface area (Å²) in [5.74, 6) is 0. The van der Waals surface area contributed by atoms with Crippen molar-refractivity contribution >= 4 is 16.6 Å². The number of nitrogens with zero attached hydrogens (tertiary/aromatic N) is 4. The van der Waals surface area contributed by atoms with Gasteiger partial charge in [-0.3, -0.25) is 0 Å². The van der Waals surface area contributed by atoms with Crippen molar-refractivity contribution in [1.29, 1.82) is 5.26 Å². The van der Waals surface area contributed by atoms with Gasteiger partial charge < -0.3 is 0 Å². The maximum atomic E-state index is 9.28. The van der Waals surface area contributed by atoms with Crippen LogP contribution in [0.3, 0.4) is 0 Å². The normalized spacial score (nSPS) is 11.8. The van der Waals surface area contributed by atoms with Crippen LogP contribution in [0, 0.1) is 24.8 Å². The predicted octanol–water partition coefficient (Wildman–Crippen LogP) is 3.01. The standard InChI is InChI=1S/C17H11N4/c1-11-3-6-16-13(7-11)9-20-10-14-12(8-18)4-5-15(19-2)17(14)21(16)20/h3-7,10H,9H2,1H3/q+1. The molecule has 0 bridgehead atoms. The molecule has 1 aliphatic rings. The lowest BCUT2D eigenvalue weighted by molar-refractivity contribution is -0.749. The Labute approximate surface area is 121 Å². The second kappa shape index (κ2) is 3.94. The van der Waals surface area contributed by atoms with Crippen molar-refractivity contribution < 1.29 is 4.68 Å². The number of benzene rings is 2. The molecule has 0 fully saturated rings. The van der Waals surface area contributed by atoms with Gasteiger partial charge in [-0.15, -0.1) is 9.36 Å². The van der Waals surface area contributed by atoms with Gasteiger partial charge in [-0.05, 0) is 19.1 Å². The van der Waals surface area contributed by atoms with Crippen LogP contribution in [0.25, 0.3) is 21.4 Å². The second-order valence-corrected chi connectivity index (χ2v) is 5.29. The molecule has 1 aromatic heterocycles. The molecular formula is C17H11N4+. The van der Waals surface area contributed by atoms with Crippen molar-refractivity contribution in [3.05, 3.63) is 64.6 Å². The number of nitriles is 1. The highest BCUT2D eigenvalue weighted by Gasteiger charge is 2.30. The third-order valence-corrected chi connectivity index (χ3v) is 3.98. The largest absolute Gasteiger partial charge is 0.236 e. The zero-order valence-electron chi connectivity index (χ0n) is 11.5. The van der Waals surface area contributed by atoms with Crippen LogP contribution in [0.1, 0.15) is 16.7 Å². The van der Waals surface area contributed by atoms with Crippen LogP contribution in [0.2, 0.25) is 0 Å². The Bertz CT molecular complexity index is 996. The Hall–Kier alpha value is -3.11. The zero-order valence-corrected chi connectivity index (χ0v) is 11.5. The van der Waals surface area contributed by atoms with Crippen LogP contribution in [-0.4, -0.2) is 4.68 Å². The van der Waals surface area contributed by atoms with E-state index in [4.69, 9.17) is 6.57 Å². The van der Waals surface area contributed by atoms with Crippen molar-refractivity contribution in [2.75, 3.05) is 0 Å². The molecule has 3 aromatic rings. The van der Waals surface area contributed by atoms with Gasteiger partial charge in [0.25, 0.3) is 0 Å². The van der Waals surface area contributed by atoms with Crippen LogP contribution in [0.5, 0.6) is 0 Å². The van der Waals surface area contributed by atoms with Crippen LogP contribution >= 0.6 is 0 Å². The fourth-order valence-corrected chi connectivity index (χ4v) is 3.07. The average Bonchev–Trinajstić information content (AvgIpc) is 3.01. The van der Waals surface area contributed by atoms with E-state index in [0.717, 1.165) is 23.1 Å². The van der Waals surface area contributed by atoms with Gasteiger partial charge in [0.2, 0.25) is 11.9 Å². The molecule has 0 spiro atoms. The molecule has 0 saturated carbocycles. The van der Waals surface area contributed by atoms with Gasteiger partial charge in [-0.25, -0.2) is 4.85 Å². The maximum Gasteiger partial charge on any atom is 0.217 e. The lowest BCUT2D eigenvalue weighted by atomic mass is 10.1. The van der Waals surface area contributed by atoms with E-state index in [9.17, 15) is 5.26 Å². The van der Waals surface area contributed by atoms with E-state index in [0.29, 0.717) is 11.3 Å². The Morgan fingerprint density at radius 1 is 1.33 bits per heavy atom. The highest BCUT2D eigenvalue weighted by molar-refractivity contribution is 5.95. The van der Waals surface area contributed by atoms with E-state index in [1.54, 1.807) is 12.1 Å². The van der Waals surface area contributed by atoms with Crippen LogP contribution in [0.15, 0.2) is 36.5 Å². The average molecular weight is 271 g/mol. The summed E-state index contributed by atoms with van der Waals surface area (Å²) in [6.07, 6.45) is 1.97. The molecule has 4 nitrogen and oxygen atoms in total. The maximum absolute atomic E-state index is 9.28. The number of rotatable bonds is 0. The molecule has 2 heterocycles. The number of aryl methyl sites for hydroxylation is 1. The van der Waals surface area contributed by atoms with Crippen molar-refractivity contribution in [3.8, 4) is 11.8 Å². The van der Waals surface area contributed by atoms with Gasteiger partial charge >= 0.3 is 0 Å². The topological polar surface area (TPSA) is 37.0 Å². The first kappa shape index (κ1) is 11.7. The number of fused-ring (bicyclic) bond motifs is 5. The Morgan fingerprint density at radius 3 is 2.95 bits per heavy atom. The molecule has 2 aromatic carbocycles. The molecular weight excluding hydrogens is 260 g/mol. The summed E-state index contributed by atoms with van der Waals surface area (Å²) >= 11 is 0. The first-order chi connectivity index (χ1) is 10.2. The quantitative estimate of drug-likeness (QED) is 0.358. The lowest BCUT2D eigenvalue weighted by Gasteiger charge is -2.01. The van der Waals surface area contributed by atoms with E-state index < -0.39 is 0 Å². The molecule has 0 saturated heterocycles. The Balaban J connectivity index is 2.16. The summed E-state index contributed by atoms with van der Waals surface area (Å²) in [5.41, 5.74) is 5.58. The molecule has 21 heavy (non-hydrogen) atoms. The van der Waals surface area contributed by atoms with E-state index in [-0.39, 0.29) is 0 Å². The summed E-state index contributed by atoms with van der Waals surface area (Å²) in [6, 6.07) is 12.0. The lowest BCUT2D eigenvalue weighted by Crippen LogP contribution is -2.36. The third kappa shape index (κ3) is 1.45. The number of aromatic nitrogens is 2. The molecule has 0 aliphatic carbocycles. The van der Waals surface area contributed by atoms with E-state index >= 15 is 0 Å². The minimum atomic E-state index is 0.580. The minimum absolute atomic E-state index is 0.580. The van der Waals surface area contributed by atoms with E-state index in [1.807, 2.05) is 6.20 Å². The van der Waals surface area contributed by atoms with Crippen LogP contribution in [0.4, 0.5) is 5.69 Å². The molecule has 1 aliphatic heterocycles. The number of hydrogen-bond acceptors (Lipinski definition) is 1. The molecule has 98 valence electrons. The van der Waals surface area contributed by atoms with Crippen molar-refractivity contribution in [2.45, 2.75) is 13.5 Å². The summed E-state index contributed by atoms with van der Waals surface area (Å²) in [5, 5.41) is 10.1.